The van der Waals surface area contributed by atoms with Crippen LogP contribution in [0.25, 0.3) is 10.9 Å². The fourth-order valence-electron chi connectivity index (χ4n) is 6.30. The fourth-order valence-corrected chi connectivity index (χ4v) is 6.30. The topological polar surface area (TPSA) is 114 Å². The molecule has 1 fully saturated rings. The number of carbonyl (C=O) groups excluding carboxylic acids is 3. The van der Waals surface area contributed by atoms with E-state index in [1.807, 2.05) is 68.8 Å². The Hall–Kier alpha value is -4.65. The van der Waals surface area contributed by atoms with E-state index in [0.29, 0.717) is 45.6 Å². The second kappa shape index (κ2) is 16.6. The second-order valence-electron chi connectivity index (χ2n) is 12.2. The maximum atomic E-state index is 13.3. The van der Waals surface area contributed by atoms with Gasteiger partial charge in [-0.15, -0.1) is 0 Å². The molecule has 13 heteroatoms. The summed E-state index contributed by atoms with van der Waals surface area (Å²) in [6.07, 6.45) is 3.50. The summed E-state index contributed by atoms with van der Waals surface area (Å²) >= 11 is 0. The van der Waals surface area contributed by atoms with Crippen LogP contribution in [0.3, 0.4) is 0 Å². The minimum atomic E-state index is -4.39. The zero-order valence-electron chi connectivity index (χ0n) is 28.7. The number of aldehydes is 1. The van der Waals surface area contributed by atoms with Gasteiger partial charge in [0.1, 0.15) is 6.29 Å². The highest BCUT2D eigenvalue weighted by Gasteiger charge is 2.33. The molecule has 2 aromatic carbocycles. The first kappa shape index (κ1) is 37.2. The Bertz CT molecular complexity index is 1660. The van der Waals surface area contributed by atoms with Crippen molar-refractivity contribution in [2.45, 2.75) is 78.3 Å². The van der Waals surface area contributed by atoms with Crippen molar-refractivity contribution in [1.29, 1.82) is 0 Å². The molecule has 1 saturated heterocycles. The number of aromatic nitrogens is 2. The van der Waals surface area contributed by atoms with Gasteiger partial charge in [-0.2, -0.15) is 18.3 Å². The van der Waals surface area contributed by atoms with Gasteiger partial charge in [0.15, 0.2) is 0 Å². The van der Waals surface area contributed by atoms with Gasteiger partial charge < -0.3 is 25.2 Å². The van der Waals surface area contributed by atoms with E-state index in [9.17, 15) is 27.6 Å². The van der Waals surface area contributed by atoms with Gasteiger partial charge in [0, 0.05) is 49.8 Å². The summed E-state index contributed by atoms with van der Waals surface area (Å²) < 4.78 is 39.0. The van der Waals surface area contributed by atoms with Gasteiger partial charge in [-0.3, -0.25) is 10.00 Å². The third-order valence-corrected chi connectivity index (χ3v) is 8.85. The minimum Gasteiger partial charge on any atom is -0.328 e. The summed E-state index contributed by atoms with van der Waals surface area (Å²) in [7, 11) is 1.87. The number of H-pyrrole nitrogens is 1. The SMILES string of the molecule is C/C=C\C1=C(C)NC(=O)N(C2CCN(C(=O)N[C@@H](C=O)Cc3ccc4[nH]ncc4c3CN(C)Cc3ccc(C(F)(F)F)cc3)CC2)C1.CC. The standard InChI is InChI=1S/C34H40F3N7O3.C2H6/c1-4-5-25-19-44(33(47)39-22(25)2)28-12-14-43(15-13-28)32(46)40-27(21-45)16-24-8-11-31-29(17-38-41-31)30(24)20-42(3)18-23-6-9-26(10-7-23)34(35,36)37;1-2/h4-11,17,21,27-28H,12-16,18-20H2,1-3H3,(H,38,41)(H,39,47)(H,40,46);1-2H3/b5-4-;/t27-;/m1./s1. The number of hydrogen-bond acceptors (Lipinski definition) is 5. The molecular formula is C36H46F3N7O3. The Morgan fingerprint density at radius 2 is 1.82 bits per heavy atom. The van der Waals surface area contributed by atoms with E-state index in [2.05, 4.69) is 20.8 Å². The number of likely N-dealkylation sites (tertiary alicyclic amines) is 1. The highest BCUT2D eigenvalue weighted by molar-refractivity contribution is 5.84. The van der Waals surface area contributed by atoms with E-state index in [0.717, 1.165) is 57.3 Å². The molecule has 1 aromatic heterocycles. The normalized spacial score (nSPS) is 16.6. The third kappa shape index (κ3) is 9.28. The number of carbonyl (C=O) groups is 3. The summed E-state index contributed by atoms with van der Waals surface area (Å²) in [5.41, 5.74) is 4.52. The largest absolute Gasteiger partial charge is 0.416 e. The number of amides is 4. The molecule has 3 heterocycles. The molecule has 3 N–H and O–H groups in total. The van der Waals surface area contributed by atoms with Crippen molar-refractivity contribution in [3.05, 3.63) is 88.3 Å². The van der Waals surface area contributed by atoms with Crippen molar-refractivity contribution in [2.75, 3.05) is 26.7 Å². The third-order valence-electron chi connectivity index (χ3n) is 8.85. The van der Waals surface area contributed by atoms with Crippen LogP contribution in [0, 0.1) is 0 Å². The molecule has 0 radical (unpaired) electrons. The molecule has 49 heavy (non-hydrogen) atoms. The van der Waals surface area contributed by atoms with Crippen LogP contribution in [0.1, 0.15) is 62.8 Å². The number of piperidine rings is 1. The lowest BCUT2D eigenvalue weighted by Crippen LogP contribution is -2.55. The lowest BCUT2D eigenvalue weighted by molar-refractivity contribution is -0.137. The molecule has 3 aromatic rings. The van der Waals surface area contributed by atoms with Crippen LogP contribution >= 0.6 is 0 Å². The Morgan fingerprint density at radius 1 is 1.12 bits per heavy atom. The highest BCUT2D eigenvalue weighted by Crippen LogP contribution is 2.30. The van der Waals surface area contributed by atoms with Gasteiger partial charge in [-0.05, 0) is 80.6 Å². The molecule has 4 amide bonds. The smallest absolute Gasteiger partial charge is 0.328 e. The summed E-state index contributed by atoms with van der Waals surface area (Å²) in [6.45, 7) is 10.1. The van der Waals surface area contributed by atoms with Crippen LogP contribution in [0.4, 0.5) is 22.8 Å². The summed E-state index contributed by atoms with van der Waals surface area (Å²) in [5.74, 6) is 0. The highest BCUT2D eigenvalue weighted by atomic mass is 19.4. The Balaban J connectivity index is 0.00000265. The Morgan fingerprint density at radius 3 is 2.45 bits per heavy atom. The van der Waals surface area contributed by atoms with Crippen molar-refractivity contribution in [1.82, 2.24) is 35.5 Å². The lowest BCUT2D eigenvalue weighted by atomic mass is 9.97. The Kier molecular flexibility index (Phi) is 12.6. The summed E-state index contributed by atoms with van der Waals surface area (Å²) in [4.78, 5) is 43.7. The number of urea groups is 2. The number of nitrogens with one attached hydrogen (secondary N) is 3. The van der Waals surface area contributed by atoms with Crippen molar-refractivity contribution in [2.24, 2.45) is 0 Å². The lowest BCUT2D eigenvalue weighted by Gasteiger charge is -2.40. The van der Waals surface area contributed by atoms with E-state index in [1.54, 1.807) is 11.1 Å². The van der Waals surface area contributed by atoms with Gasteiger partial charge >= 0.3 is 18.2 Å². The first-order chi connectivity index (χ1) is 23.5. The van der Waals surface area contributed by atoms with Crippen molar-refractivity contribution >= 4 is 29.3 Å². The van der Waals surface area contributed by atoms with Gasteiger partial charge in [-0.1, -0.05) is 44.2 Å². The maximum Gasteiger partial charge on any atom is 0.416 e. The second-order valence-corrected chi connectivity index (χ2v) is 12.2. The van der Waals surface area contributed by atoms with E-state index >= 15 is 0 Å². The number of alkyl halides is 3. The van der Waals surface area contributed by atoms with Gasteiger partial charge in [0.05, 0.1) is 23.3 Å². The first-order valence-electron chi connectivity index (χ1n) is 16.7. The van der Waals surface area contributed by atoms with Gasteiger partial charge in [0.25, 0.3) is 0 Å². The number of halogens is 3. The van der Waals surface area contributed by atoms with Gasteiger partial charge in [-0.25, -0.2) is 9.59 Å². The van der Waals surface area contributed by atoms with E-state index < -0.39 is 17.8 Å². The predicted octanol–water partition coefficient (Wildman–Crippen LogP) is 6.40. The number of rotatable bonds is 10. The van der Waals surface area contributed by atoms with Crippen LogP contribution in [-0.4, -0.2) is 82.0 Å². The van der Waals surface area contributed by atoms with Crippen LogP contribution < -0.4 is 10.6 Å². The van der Waals surface area contributed by atoms with Crippen molar-refractivity contribution in [3.8, 4) is 0 Å². The first-order valence-corrected chi connectivity index (χ1v) is 16.7. The number of aromatic amines is 1. The van der Waals surface area contributed by atoms with Crippen molar-refractivity contribution < 1.29 is 27.6 Å². The molecule has 264 valence electrons. The summed E-state index contributed by atoms with van der Waals surface area (Å²) in [6, 6.07) is 7.63. The molecule has 0 unspecified atom stereocenters. The number of allylic oxidation sites excluding steroid dienone is 2. The molecular weight excluding hydrogens is 635 g/mol. The zero-order valence-corrected chi connectivity index (χ0v) is 28.7. The maximum absolute atomic E-state index is 13.3. The number of hydrogen-bond donors (Lipinski definition) is 3. The molecule has 10 nitrogen and oxygen atoms in total. The molecule has 0 bridgehead atoms. The van der Waals surface area contributed by atoms with Crippen LogP contribution in [0.15, 0.2) is 66.0 Å². The molecule has 5 rings (SSSR count). The molecule has 2 aliphatic rings. The molecule has 0 aliphatic carbocycles. The predicted molar refractivity (Wildman–Crippen MR) is 183 cm³/mol. The minimum absolute atomic E-state index is 0.00177. The number of benzene rings is 2. The number of fused-ring (bicyclic) bond motifs is 1. The number of nitrogens with zero attached hydrogens (tertiary/aromatic N) is 4. The van der Waals surface area contributed by atoms with Crippen LogP contribution in [0.5, 0.6) is 0 Å². The van der Waals surface area contributed by atoms with Crippen LogP contribution in [0.2, 0.25) is 0 Å². The quantitative estimate of drug-likeness (QED) is 0.215. The average molecular weight is 682 g/mol. The molecule has 0 spiro atoms. The average Bonchev–Trinajstić information content (AvgIpc) is 3.57. The van der Waals surface area contributed by atoms with Crippen molar-refractivity contribution in [3.63, 3.8) is 0 Å². The zero-order chi connectivity index (χ0) is 35.7. The van der Waals surface area contributed by atoms with Crippen LogP contribution in [-0.2, 0) is 30.5 Å². The molecule has 1 atom stereocenters. The van der Waals surface area contributed by atoms with E-state index in [1.165, 1.54) is 12.1 Å². The molecule has 2 aliphatic heterocycles. The monoisotopic (exact) mass is 681 g/mol. The Labute approximate surface area is 285 Å². The van der Waals surface area contributed by atoms with E-state index in [4.69, 9.17) is 0 Å². The molecule has 0 saturated carbocycles. The van der Waals surface area contributed by atoms with Gasteiger partial charge in [0.2, 0.25) is 0 Å². The fraction of sp³-hybridized carbons (Fsp3) is 0.444. The van der Waals surface area contributed by atoms with E-state index in [-0.39, 0.29) is 24.5 Å². The summed E-state index contributed by atoms with van der Waals surface area (Å²) in [5, 5.41) is 13.8.